The first-order valence-corrected chi connectivity index (χ1v) is 16.8. The summed E-state index contributed by atoms with van der Waals surface area (Å²) in [4.78, 5) is 0. The molecular formula is C50H32. The Morgan fingerprint density at radius 2 is 0.820 bits per heavy atom. The van der Waals surface area contributed by atoms with Crippen LogP contribution in [-0.4, -0.2) is 0 Å². The molecule has 50 heavy (non-hydrogen) atoms. The first-order chi connectivity index (χ1) is 27.7. The van der Waals surface area contributed by atoms with Crippen molar-refractivity contribution >= 4 is 53.9 Å². The molecular weight excluding hydrogens is 601 g/mol. The lowest BCUT2D eigenvalue weighted by Crippen LogP contribution is -1.92. The van der Waals surface area contributed by atoms with E-state index in [1.807, 2.05) is 121 Å². The van der Waals surface area contributed by atoms with E-state index in [2.05, 4.69) is 30.3 Å². The van der Waals surface area contributed by atoms with Crippen LogP contribution in [0, 0.1) is 0 Å². The maximum Gasteiger partial charge on any atom is 0.0636 e. The third-order valence-electron chi connectivity index (χ3n) is 9.85. The largest absolute Gasteiger partial charge is 0.0636 e. The summed E-state index contributed by atoms with van der Waals surface area (Å²) in [5, 5.41) is 7.14. The quantitative estimate of drug-likeness (QED) is 0.168. The fourth-order valence-corrected chi connectivity index (χ4v) is 7.42. The van der Waals surface area contributed by atoms with Gasteiger partial charge in [0.1, 0.15) is 0 Å². The third kappa shape index (κ3) is 4.69. The Morgan fingerprint density at radius 1 is 0.300 bits per heavy atom. The van der Waals surface area contributed by atoms with Crippen LogP contribution in [0.2, 0.25) is 0 Å². The fraction of sp³-hybridized carbons (Fsp3) is 0. The van der Waals surface area contributed by atoms with Gasteiger partial charge in [0.05, 0.1) is 9.60 Å². The van der Waals surface area contributed by atoms with E-state index < -0.39 is 0 Å². The topological polar surface area (TPSA) is 0 Å². The number of hydrogen-bond acceptors (Lipinski definition) is 0. The predicted octanol–water partition coefficient (Wildman–Crippen LogP) is 14.1. The Bertz CT molecular complexity index is 3310. The second-order valence-electron chi connectivity index (χ2n) is 12.7. The molecule has 10 aromatic rings. The molecule has 0 aliphatic carbocycles. The van der Waals surface area contributed by atoms with Crippen LogP contribution in [0.1, 0.15) is 9.60 Å². The summed E-state index contributed by atoms with van der Waals surface area (Å²) in [6, 6.07) is 48.2. The van der Waals surface area contributed by atoms with Gasteiger partial charge in [-0.25, -0.2) is 0 Å². The standard InChI is InChI=1S/C50H32/c1-3-13-38-30-40(26-22-33(38)10-1)35-20-24-37(25-21-35)49-45-17-7-8-18-46(45)50(42-27-23-34-11-2-4-14-39(34)31-42)48-32-41(28-29-47(48)49)44-19-9-15-36-12-5-6-16-43(36)44/h1-32H/i7D,8D,17D,18D,28D,29D,32D. The van der Waals surface area contributed by atoms with Crippen LogP contribution in [0.4, 0.5) is 0 Å². The molecule has 10 aromatic carbocycles. The number of fused-ring (bicyclic) bond motifs is 5. The Morgan fingerprint density at radius 3 is 1.54 bits per heavy atom. The van der Waals surface area contributed by atoms with Crippen LogP contribution in [0.5, 0.6) is 0 Å². The van der Waals surface area contributed by atoms with Gasteiger partial charge >= 0.3 is 0 Å². The van der Waals surface area contributed by atoms with Crippen molar-refractivity contribution < 1.29 is 9.60 Å². The SMILES string of the molecule is [2H]c1c([2H])c([2H])c2c(-c3ccc4ccccc4c3)c3c([2H])c(-c4cccc5ccccc45)c([2H])c([2H])c3c(-c3ccc(-c4ccc5ccccc5c4)cc3)c2c1[2H]. The highest BCUT2D eigenvalue weighted by Crippen LogP contribution is 2.46. The highest BCUT2D eigenvalue weighted by atomic mass is 14.2. The molecule has 0 nitrogen and oxygen atoms in total. The molecule has 0 saturated heterocycles. The molecule has 0 aliphatic heterocycles. The van der Waals surface area contributed by atoms with Crippen LogP contribution in [-0.2, 0) is 0 Å². The lowest BCUT2D eigenvalue weighted by molar-refractivity contribution is 1.62. The summed E-state index contributed by atoms with van der Waals surface area (Å²) in [6.45, 7) is 0. The number of hydrogen-bond donors (Lipinski definition) is 0. The van der Waals surface area contributed by atoms with Crippen molar-refractivity contribution in [1.82, 2.24) is 0 Å². The Kier molecular flexibility index (Phi) is 5.14. The molecule has 0 bridgehead atoms. The Hall–Kier alpha value is -6.50. The molecule has 0 N–H and O–H groups in total. The van der Waals surface area contributed by atoms with Crippen LogP contribution in [0.15, 0.2) is 194 Å². The fourth-order valence-electron chi connectivity index (χ4n) is 7.42. The van der Waals surface area contributed by atoms with Crippen molar-refractivity contribution in [2.45, 2.75) is 0 Å². The maximum absolute atomic E-state index is 10.1. The van der Waals surface area contributed by atoms with Gasteiger partial charge < -0.3 is 0 Å². The molecule has 0 heterocycles. The molecule has 0 aliphatic rings. The first-order valence-electron chi connectivity index (χ1n) is 20.3. The van der Waals surface area contributed by atoms with Gasteiger partial charge in [-0.2, -0.15) is 0 Å². The molecule has 0 unspecified atom stereocenters. The summed E-state index contributed by atoms with van der Waals surface area (Å²) in [5.41, 5.74) is 5.04. The third-order valence-corrected chi connectivity index (χ3v) is 9.85. The van der Waals surface area contributed by atoms with Gasteiger partial charge in [0.2, 0.25) is 0 Å². The van der Waals surface area contributed by atoms with E-state index in [-0.39, 0.29) is 53.1 Å². The molecule has 0 atom stereocenters. The Balaban J connectivity index is 1.37. The van der Waals surface area contributed by atoms with Gasteiger partial charge in [-0.15, -0.1) is 0 Å². The molecule has 0 radical (unpaired) electrons. The van der Waals surface area contributed by atoms with Crippen molar-refractivity contribution in [3.05, 3.63) is 194 Å². The molecule has 0 aromatic heterocycles. The Labute approximate surface area is 301 Å². The lowest BCUT2D eigenvalue weighted by atomic mass is 9.84. The van der Waals surface area contributed by atoms with E-state index in [9.17, 15) is 6.85 Å². The first kappa shape index (κ1) is 22.2. The highest BCUT2D eigenvalue weighted by molar-refractivity contribution is 6.22. The molecule has 232 valence electrons. The molecule has 0 amide bonds. The average Bonchev–Trinajstić information content (AvgIpc) is 3.25. The monoisotopic (exact) mass is 639 g/mol. The summed E-state index contributed by atoms with van der Waals surface area (Å²) in [6.07, 6.45) is 0. The normalized spacial score (nSPS) is 13.6. The van der Waals surface area contributed by atoms with Crippen LogP contribution < -0.4 is 0 Å². The zero-order valence-electron chi connectivity index (χ0n) is 33.9. The van der Waals surface area contributed by atoms with Crippen LogP contribution in [0.3, 0.4) is 0 Å². The van der Waals surface area contributed by atoms with Gasteiger partial charge in [0.25, 0.3) is 0 Å². The van der Waals surface area contributed by atoms with E-state index in [4.69, 9.17) is 2.74 Å². The van der Waals surface area contributed by atoms with Crippen molar-refractivity contribution in [3.8, 4) is 44.5 Å². The highest BCUT2D eigenvalue weighted by Gasteiger charge is 2.18. The van der Waals surface area contributed by atoms with Gasteiger partial charge in [-0.3, -0.25) is 0 Å². The van der Waals surface area contributed by atoms with E-state index >= 15 is 0 Å². The summed E-state index contributed by atoms with van der Waals surface area (Å²) >= 11 is 0. The average molecular weight is 640 g/mol. The van der Waals surface area contributed by atoms with Crippen molar-refractivity contribution in [2.24, 2.45) is 0 Å². The van der Waals surface area contributed by atoms with Crippen LogP contribution in [0.25, 0.3) is 98.4 Å². The number of benzene rings is 10. The maximum atomic E-state index is 10.1. The molecule has 0 heteroatoms. The van der Waals surface area contributed by atoms with Gasteiger partial charge in [0.15, 0.2) is 0 Å². The lowest BCUT2D eigenvalue weighted by Gasteiger charge is -2.19. The molecule has 0 saturated carbocycles. The van der Waals surface area contributed by atoms with E-state index in [1.54, 1.807) is 0 Å². The van der Waals surface area contributed by atoms with Crippen molar-refractivity contribution in [1.29, 1.82) is 0 Å². The molecule has 0 fully saturated rings. The van der Waals surface area contributed by atoms with Gasteiger partial charge in [-0.1, -0.05) is 176 Å². The van der Waals surface area contributed by atoms with E-state index in [1.165, 1.54) is 0 Å². The minimum Gasteiger partial charge on any atom is -0.0616 e. The predicted molar refractivity (Wildman–Crippen MR) is 216 cm³/mol. The second-order valence-corrected chi connectivity index (χ2v) is 12.7. The summed E-state index contributed by atoms with van der Waals surface area (Å²) < 4.78 is 66.3. The smallest absolute Gasteiger partial charge is 0.0616 e. The summed E-state index contributed by atoms with van der Waals surface area (Å²) in [7, 11) is 0. The summed E-state index contributed by atoms with van der Waals surface area (Å²) in [5.74, 6) is 0. The number of rotatable bonds is 4. The van der Waals surface area contributed by atoms with E-state index in [0.29, 0.717) is 44.2 Å². The van der Waals surface area contributed by atoms with E-state index in [0.717, 1.165) is 43.4 Å². The molecule has 0 spiro atoms. The van der Waals surface area contributed by atoms with Crippen molar-refractivity contribution in [2.75, 3.05) is 0 Å². The zero-order valence-corrected chi connectivity index (χ0v) is 26.9. The van der Waals surface area contributed by atoms with Crippen molar-refractivity contribution in [3.63, 3.8) is 0 Å². The van der Waals surface area contributed by atoms with Crippen LogP contribution >= 0.6 is 0 Å². The minimum atomic E-state index is -0.388. The van der Waals surface area contributed by atoms with Gasteiger partial charge in [0, 0.05) is 0 Å². The van der Waals surface area contributed by atoms with Gasteiger partial charge in [-0.05, 0) is 117 Å². The zero-order chi connectivity index (χ0) is 39.1. The minimum absolute atomic E-state index is 0.0221. The molecule has 10 rings (SSSR count). The second kappa shape index (κ2) is 11.6.